The number of esters is 1. The summed E-state index contributed by atoms with van der Waals surface area (Å²) in [5.74, 6) is -1.17. The van der Waals surface area contributed by atoms with E-state index in [-0.39, 0.29) is 29.7 Å². The third-order valence-corrected chi connectivity index (χ3v) is 2.37. The van der Waals surface area contributed by atoms with Crippen molar-refractivity contribution < 1.29 is 19.2 Å². The number of carbonyl (C=O) groups is 2. The van der Waals surface area contributed by atoms with Crippen LogP contribution in [0.1, 0.15) is 10.5 Å². The van der Waals surface area contributed by atoms with Crippen molar-refractivity contribution in [1.29, 1.82) is 0 Å². The molecule has 0 radical (unpaired) electrons. The summed E-state index contributed by atoms with van der Waals surface area (Å²) in [6.07, 6.45) is 0. The fourth-order valence-corrected chi connectivity index (χ4v) is 1.26. The lowest BCUT2D eigenvalue weighted by Crippen LogP contribution is -2.29. The monoisotopic (exact) mass is 282 g/mol. The molecule has 0 aromatic carbocycles. The number of aromatic nitrogens is 1. The standard InChI is InChI=1S/C11H14N4O5/c1-14(2)9(16)6-12-10-8(15(18)19)5-4-7(13-10)11(17)20-3/h4-5H,6H2,1-3H3,(H,12,13). The number of methoxy groups -OCH3 is 1. The maximum Gasteiger partial charge on any atom is 0.356 e. The second-order valence-electron chi connectivity index (χ2n) is 3.95. The Bertz CT molecular complexity index is 544. The van der Waals surface area contributed by atoms with Crippen molar-refractivity contribution in [3.05, 3.63) is 27.9 Å². The molecule has 0 saturated carbocycles. The highest BCUT2D eigenvalue weighted by Crippen LogP contribution is 2.22. The molecule has 1 aromatic heterocycles. The molecule has 0 saturated heterocycles. The number of rotatable bonds is 5. The van der Waals surface area contributed by atoms with Gasteiger partial charge in [0.2, 0.25) is 11.7 Å². The molecule has 0 fully saturated rings. The largest absolute Gasteiger partial charge is 0.464 e. The summed E-state index contributed by atoms with van der Waals surface area (Å²) < 4.78 is 4.48. The molecule has 0 atom stereocenters. The summed E-state index contributed by atoms with van der Waals surface area (Å²) in [5.41, 5.74) is -0.415. The highest BCUT2D eigenvalue weighted by atomic mass is 16.6. The number of anilines is 1. The van der Waals surface area contributed by atoms with Crippen molar-refractivity contribution in [2.24, 2.45) is 0 Å². The third-order valence-electron chi connectivity index (χ3n) is 2.37. The van der Waals surface area contributed by atoms with Gasteiger partial charge in [0.15, 0.2) is 5.69 Å². The fraction of sp³-hybridized carbons (Fsp3) is 0.364. The first-order valence-electron chi connectivity index (χ1n) is 5.54. The van der Waals surface area contributed by atoms with Gasteiger partial charge < -0.3 is 15.0 Å². The number of hydrogen-bond donors (Lipinski definition) is 1. The van der Waals surface area contributed by atoms with Crippen molar-refractivity contribution >= 4 is 23.4 Å². The molecule has 1 N–H and O–H groups in total. The topological polar surface area (TPSA) is 115 Å². The van der Waals surface area contributed by atoms with Crippen molar-refractivity contribution in [3.8, 4) is 0 Å². The Kier molecular flexibility index (Phi) is 4.95. The van der Waals surface area contributed by atoms with Gasteiger partial charge in [0.1, 0.15) is 0 Å². The van der Waals surface area contributed by atoms with Crippen molar-refractivity contribution in [2.45, 2.75) is 0 Å². The Labute approximate surface area is 114 Å². The average molecular weight is 282 g/mol. The lowest BCUT2D eigenvalue weighted by molar-refractivity contribution is -0.384. The van der Waals surface area contributed by atoms with E-state index in [1.807, 2.05) is 0 Å². The van der Waals surface area contributed by atoms with E-state index >= 15 is 0 Å². The zero-order valence-corrected chi connectivity index (χ0v) is 11.2. The zero-order chi connectivity index (χ0) is 15.3. The molecule has 9 nitrogen and oxygen atoms in total. The average Bonchev–Trinajstić information content (AvgIpc) is 2.43. The minimum Gasteiger partial charge on any atom is -0.464 e. The fourth-order valence-electron chi connectivity index (χ4n) is 1.26. The molecule has 0 bridgehead atoms. The molecule has 20 heavy (non-hydrogen) atoms. The van der Waals surface area contributed by atoms with Gasteiger partial charge in [-0.2, -0.15) is 0 Å². The van der Waals surface area contributed by atoms with Crippen LogP contribution in [0.2, 0.25) is 0 Å². The van der Waals surface area contributed by atoms with Crippen LogP contribution in [0.5, 0.6) is 0 Å². The summed E-state index contributed by atoms with van der Waals surface area (Å²) in [6.45, 7) is -0.175. The molecule has 1 heterocycles. The number of nitro groups is 1. The maximum absolute atomic E-state index is 11.4. The first-order chi connectivity index (χ1) is 9.36. The number of pyridine rings is 1. The molecular formula is C11H14N4O5. The van der Waals surface area contributed by atoms with E-state index in [4.69, 9.17) is 0 Å². The Morgan fingerprint density at radius 3 is 2.60 bits per heavy atom. The van der Waals surface area contributed by atoms with Gasteiger partial charge in [-0.05, 0) is 6.07 Å². The molecule has 1 rings (SSSR count). The SMILES string of the molecule is COC(=O)c1ccc([N+](=O)[O-])c(NCC(=O)N(C)C)n1. The molecule has 0 aliphatic carbocycles. The van der Waals surface area contributed by atoms with Crippen LogP contribution in [0, 0.1) is 10.1 Å². The minimum absolute atomic E-state index is 0.0853. The van der Waals surface area contributed by atoms with Crippen LogP contribution in [-0.2, 0) is 9.53 Å². The van der Waals surface area contributed by atoms with Gasteiger partial charge in [-0.1, -0.05) is 0 Å². The summed E-state index contributed by atoms with van der Waals surface area (Å²) in [4.78, 5) is 38.1. The van der Waals surface area contributed by atoms with E-state index in [2.05, 4.69) is 15.0 Å². The second kappa shape index (κ2) is 6.45. The number of carbonyl (C=O) groups excluding carboxylic acids is 2. The van der Waals surface area contributed by atoms with Gasteiger partial charge in [0.25, 0.3) is 0 Å². The molecule has 9 heteroatoms. The number of hydrogen-bond acceptors (Lipinski definition) is 7. The highest BCUT2D eigenvalue weighted by Gasteiger charge is 2.19. The van der Waals surface area contributed by atoms with Gasteiger partial charge in [0, 0.05) is 20.2 Å². The molecule has 1 aromatic rings. The van der Waals surface area contributed by atoms with Crippen LogP contribution >= 0.6 is 0 Å². The normalized spacial score (nSPS) is 9.75. The molecule has 0 aliphatic heterocycles. The van der Waals surface area contributed by atoms with E-state index in [1.54, 1.807) is 14.1 Å². The molecule has 1 amide bonds. The van der Waals surface area contributed by atoms with Crippen molar-refractivity contribution in [2.75, 3.05) is 33.1 Å². The number of nitrogens with zero attached hydrogens (tertiary/aromatic N) is 3. The quantitative estimate of drug-likeness (QED) is 0.468. The van der Waals surface area contributed by atoms with E-state index in [0.717, 1.165) is 6.07 Å². The zero-order valence-electron chi connectivity index (χ0n) is 11.2. The summed E-state index contributed by atoms with van der Waals surface area (Å²) in [5, 5.41) is 13.4. The first-order valence-corrected chi connectivity index (χ1v) is 5.54. The van der Waals surface area contributed by atoms with Gasteiger partial charge >= 0.3 is 11.7 Å². The lowest BCUT2D eigenvalue weighted by atomic mass is 10.3. The molecule has 108 valence electrons. The predicted molar refractivity (Wildman–Crippen MR) is 69.4 cm³/mol. The van der Waals surface area contributed by atoms with E-state index < -0.39 is 10.9 Å². The van der Waals surface area contributed by atoms with Crippen LogP contribution in [0.3, 0.4) is 0 Å². The molecule has 0 spiro atoms. The number of ether oxygens (including phenoxy) is 1. The van der Waals surface area contributed by atoms with Gasteiger partial charge in [-0.3, -0.25) is 14.9 Å². The number of amides is 1. The van der Waals surface area contributed by atoms with E-state index in [9.17, 15) is 19.7 Å². The van der Waals surface area contributed by atoms with Crippen LogP contribution < -0.4 is 5.32 Å². The number of likely N-dealkylation sites (N-methyl/N-ethyl adjacent to an activating group) is 1. The Morgan fingerprint density at radius 1 is 1.45 bits per heavy atom. The molecule has 0 unspecified atom stereocenters. The Balaban J connectivity index is 3.03. The van der Waals surface area contributed by atoms with Crippen LogP contribution in [-0.4, -0.2) is 54.4 Å². The number of nitrogens with one attached hydrogen (secondary N) is 1. The third kappa shape index (κ3) is 3.64. The van der Waals surface area contributed by atoms with E-state index in [1.165, 1.54) is 18.1 Å². The highest BCUT2D eigenvalue weighted by molar-refractivity contribution is 5.88. The maximum atomic E-state index is 11.4. The van der Waals surface area contributed by atoms with Crippen LogP contribution in [0.25, 0.3) is 0 Å². The Morgan fingerprint density at radius 2 is 2.10 bits per heavy atom. The smallest absolute Gasteiger partial charge is 0.356 e. The predicted octanol–water partition coefficient (Wildman–Crippen LogP) is 0.276. The minimum atomic E-state index is -0.720. The molecular weight excluding hydrogens is 268 g/mol. The van der Waals surface area contributed by atoms with Crippen LogP contribution in [0.15, 0.2) is 12.1 Å². The van der Waals surface area contributed by atoms with E-state index in [0.29, 0.717) is 0 Å². The van der Waals surface area contributed by atoms with Gasteiger partial charge in [0.05, 0.1) is 18.6 Å². The Hall–Kier alpha value is -2.71. The molecule has 0 aliphatic rings. The first kappa shape index (κ1) is 15.3. The lowest BCUT2D eigenvalue weighted by Gasteiger charge is -2.11. The van der Waals surface area contributed by atoms with Gasteiger partial charge in [-0.25, -0.2) is 9.78 Å². The van der Waals surface area contributed by atoms with Crippen LogP contribution in [0.4, 0.5) is 11.5 Å². The summed E-state index contributed by atoms with van der Waals surface area (Å²) >= 11 is 0. The summed E-state index contributed by atoms with van der Waals surface area (Å²) in [7, 11) is 4.28. The van der Waals surface area contributed by atoms with Gasteiger partial charge in [-0.15, -0.1) is 0 Å². The summed E-state index contributed by atoms with van der Waals surface area (Å²) in [6, 6.07) is 2.31. The van der Waals surface area contributed by atoms with Crippen molar-refractivity contribution in [1.82, 2.24) is 9.88 Å². The second-order valence-corrected chi connectivity index (χ2v) is 3.95. The van der Waals surface area contributed by atoms with Crippen molar-refractivity contribution in [3.63, 3.8) is 0 Å².